The number of ether oxygens (including phenoxy) is 1. The molecular weight excluding hydrogens is 375 g/mol. The van der Waals surface area contributed by atoms with E-state index in [0.717, 1.165) is 30.0 Å². The maximum atomic E-state index is 12.0. The fourth-order valence-corrected chi connectivity index (χ4v) is 3.92. The quantitative estimate of drug-likeness (QED) is 0.770. The van der Waals surface area contributed by atoms with Gasteiger partial charge in [-0.15, -0.1) is 0 Å². The number of amides is 1. The van der Waals surface area contributed by atoms with Crippen molar-refractivity contribution in [1.82, 2.24) is 5.32 Å². The normalized spacial score (nSPS) is 17.7. The first kappa shape index (κ1) is 19.3. The van der Waals surface area contributed by atoms with Crippen LogP contribution in [0, 0.1) is 0 Å². The molecule has 0 aromatic heterocycles. The summed E-state index contributed by atoms with van der Waals surface area (Å²) < 4.78 is 30.6. The average molecular weight is 395 g/mol. The largest absolute Gasteiger partial charge is 0.376 e. The van der Waals surface area contributed by atoms with Gasteiger partial charge >= 0.3 is 0 Å². The molecule has 134 valence electrons. The number of hydrogen-bond donors (Lipinski definition) is 1. The number of halogens is 2. The Hall–Kier alpha value is -1.02. The summed E-state index contributed by atoms with van der Waals surface area (Å²) in [5.41, 5.74) is 0.335. The third-order valence-electron chi connectivity index (χ3n) is 3.63. The zero-order valence-corrected chi connectivity index (χ0v) is 15.6. The lowest BCUT2D eigenvalue weighted by atomic mass is 10.2. The van der Waals surface area contributed by atoms with Crippen molar-refractivity contribution in [2.45, 2.75) is 25.4 Å². The number of hydrogen-bond acceptors (Lipinski definition) is 4. The van der Waals surface area contributed by atoms with E-state index in [1.165, 1.54) is 18.2 Å². The van der Waals surface area contributed by atoms with Crippen LogP contribution in [-0.2, 0) is 19.6 Å². The third kappa shape index (κ3) is 5.81. The topological polar surface area (TPSA) is 75.7 Å². The molecule has 0 radical (unpaired) electrons. The molecule has 1 unspecified atom stereocenters. The van der Waals surface area contributed by atoms with E-state index in [2.05, 4.69) is 5.32 Å². The molecule has 0 spiro atoms. The number of carbonyl (C=O) groups excluding carboxylic acids is 1. The molecule has 1 amide bonds. The minimum Gasteiger partial charge on any atom is -0.376 e. The van der Waals surface area contributed by atoms with Crippen LogP contribution < -0.4 is 9.62 Å². The molecule has 1 N–H and O–H groups in total. The molecule has 1 fully saturated rings. The zero-order chi connectivity index (χ0) is 17.7. The second-order valence-corrected chi connectivity index (χ2v) is 8.43. The summed E-state index contributed by atoms with van der Waals surface area (Å²) in [7, 11) is -3.57. The van der Waals surface area contributed by atoms with Crippen LogP contribution >= 0.6 is 23.2 Å². The van der Waals surface area contributed by atoms with Gasteiger partial charge in [-0.05, 0) is 31.0 Å². The number of benzene rings is 1. The van der Waals surface area contributed by atoms with Gasteiger partial charge in [-0.2, -0.15) is 0 Å². The minimum atomic E-state index is -3.57. The molecule has 24 heavy (non-hydrogen) atoms. The first-order valence-corrected chi connectivity index (χ1v) is 10.2. The summed E-state index contributed by atoms with van der Waals surface area (Å²) in [6.45, 7) is 1.17. The van der Waals surface area contributed by atoms with Crippen molar-refractivity contribution < 1.29 is 17.9 Å². The van der Waals surface area contributed by atoms with Crippen molar-refractivity contribution in [1.29, 1.82) is 0 Å². The monoisotopic (exact) mass is 394 g/mol. The third-order valence-corrected chi connectivity index (χ3v) is 5.26. The van der Waals surface area contributed by atoms with E-state index in [1.54, 1.807) is 0 Å². The highest BCUT2D eigenvalue weighted by Crippen LogP contribution is 2.27. The molecule has 1 aromatic carbocycles. The van der Waals surface area contributed by atoms with E-state index >= 15 is 0 Å². The lowest BCUT2D eigenvalue weighted by Crippen LogP contribution is -2.36. The van der Waals surface area contributed by atoms with Crippen molar-refractivity contribution in [2.24, 2.45) is 0 Å². The lowest BCUT2D eigenvalue weighted by molar-refractivity contribution is -0.121. The van der Waals surface area contributed by atoms with Gasteiger partial charge in [0, 0.05) is 36.2 Å². The molecular formula is C15H20Cl2N2O4S. The number of carbonyl (C=O) groups is 1. The number of rotatable bonds is 7. The van der Waals surface area contributed by atoms with Crippen LogP contribution in [0.5, 0.6) is 0 Å². The van der Waals surface area contributed by atoms with E-state index in [1.807, 2.05) is 0 Å². The Morgan fingerprint density at radius 1 is 1.33 bits per heavy atom. The van der Waals surface area contributed by atoms with Gasteiger partial charge in [0.1, 0.15) is 0 Å². The molecule has 1 heterocycles. The summed E-state index contributed by atoms with van der Waals surface area (Å²) in [5, 5.41) is 3.42. The molecule has 1 aliphatic heterocycles. The standard InChI is InChI=1S/C15H20Cl2N2O4S/c1-24(21,22)19(13-8-11(16)7-12(17)9-13)5-4-15(20)18-10-14-3-2-6-23-14/h7-9,14H,2-6,10H2,1H3,(H,18,20). The summed E-state index contributed by atoms with van der Waals surface area (Å²) in [6, 6.07) is 4.51. The predicted octanol–water partition coefficient (Wildman–Crippen LogP) is 2.44. The molecule has 0 aliphatic carbocycles. The fourth-order valence-electron chi connectivity index (χ4n) is 2.49. The van der Waals surface area contributed by atoms with Crippen molar-refractivity contribution in [3.05, 3.63) is 28.2 Å². The highest BCUT2D eigenvalue weighted by molar-refractivity contribution is 7.92. The van der Waals surface area contributed by atoms with E-state index in [4.69, 9.17) is 27.9 Å². The Morgan fingerprint density at radius 3 is 2.54 bits per heavy atom. The van der Waals surface area contributed by atoms with Gasteiger partial charge in [0.25, 0.3) is 0 Å². The molecule has 0 saturated carbocycles. The second-order valence-electron chi connectivity index (χ2n) is 5.65. The summed E-state index contributed by atoms with van der Waals surface area (Å²) >= 11 is 11.9. The number of anilines is 1. The smallest absolute Gasteiger partial charge is 0.232 e. The molecule has 1 saturated heterocycles. The first-order valence-electron chi connectivity index (χ1n) is 7.58. The van der Waals surface area contributed by atoms with Crippen LogP contribution in [0.15, 0.2) is 18.2 Å². The van der Waals surface area contributed by atoms with Crippen molar-refractivity contribution in [3.63, 3.8) is 0 Å². The van der Waals surface area contributed by atoms with Gasteiger partial charge < -0.3 is 10.1 Å². The Bertz CT molecular complexity index is 670. The van der Waals surface area contributed by atoms with E-state index in [9.17, 15) is 13.2 Å². The predicted molar refractivity (Wildman–Crippen MR) is 95.3 cm³/mol. The molecule has 0 bridgehead atoms. The summed E-state index contributed by atoms with van der Waals surface area (Å²) in [4.78, 5) is 12.0. The number of nitrogens with zero attached hydrogens (tertiary/aromatic N) is 1. The Morgan fingerprint density at radius 2 is 2.00 bits per heavy atom. The van der Waals surface area contributed by atoms with Crippen LogP contribution in [0.1, 0.15) is 19.3 Å². The molecule has 6 nitrogen and oxygen atoms in total. The van der Waals surface area contributed by atoms with Crippen molar-refractivity contribution in [2.75, 3.05) is 30.3 Å². The summed E-state index contributed by atoms with van der Waals surface area (Å²) in [6.07, 6.45) is 3.08. The van der Waals surface area contributed by atoms with Crippen LogP contribution in [0.25, 0.3) is 0 Å². The number of nitrogens with one attached hydrogen (secondary N) is 1. The minimum absolute atomic E-state index is 0.00681. The Kier molecular flexibility index (Phi) is 6.74. The van der Waals surface area contributed by atoms with Crippen LogP contribution in [0.4, 0.5) is 5.69 Å². The van der Waals surface area contributed by atoms with Gasteiger partial charge in [0.05, 0.1) is 18.0 Å². The van der Waals surface area contributed by atoms with Crippen LogP contribution in [0.3, 0.4) is 0 Å². The Labute approximate surface area is 152 Å². The molecule has 1 aliphatic rings. The van der Waals surface area contributed by atoms with Crippen molar-refractivity contribution >= 4 is 44.8 Å². The maximum absolute atomic E-state index is 12.0. The second kappa shape index (κ2) is 8.38. The van der Waals surface area contributed by atoms with E-state index in [0.29, 0.717) is 22.3 Å². The maximum Gasteiger partial charge on any atom is 0.232 e. The van der Waals surface area contributed by atoms with Crippen LogP contribution in [-0.4, -0.2) is 46.4 Å². The zero-order valence-electron chi connectivity index (χ0n) is 13.3. The SMILES string of the molecule is CS(=O)(=O)N(CCC(=O)NCC1CCCO1)c1cc(Cl)cc(Cl)c1. The highest BCUT2D eigenvalue weighted by Gasteiger charge is 2.20. The van der Waals surface area contributed by atoms with Gasteiger partial charge in [0.15, 0.2) is 0 Å². The van der Waals surface area contributed by atoms with E-state index in [-0.39, 0.29) is 25.0 Å². The van der Waals surface area contributed by atoms with Gasteiger partial charge in [0.2, 0.25) is 15.9 Å². The van der Waals surface area contributed by atoms with Gasteiger partial charge in [-0.1, -0.05) is 23.2 Å². The van der Waals surface area contributed by atoms with Gasteiger partial charge in [-0.3, -0.25) is 9.10 Å². The lowest BCUT2D eigenvalue weighted by Gasteiger charge is -2.22. The first-order chi connectivity index (χ1) is 11.3. The number of sulfonamides is 1. The van der Waals surface area contributed by atoms with E-state index < -0.39 is 10.0 Å². The summed E-state index contributed by atoms with van der Waals surface area (Å²) in [5.74, 6) is -0.229. The Balaban J connectivity index is 1.97. The molecule has 1 aromatic rings. The highest BCUT2D eigenvalue weighted by atomic mass is 35.5. The average Bonchev–Trinajstić information content (AvgIpc) is 2.96. The molecule has 9 heteroatoms. The molecule has 2 rings (SSSR count). The fraction of sp³-hybridized carbons (Fsp3) is 0.533. The van der Waals surface area contributed by atoms with Gasteiger partial charge in [-0.25, -0.2) is 8.42 Å². The van der Waals surface area contributed by atoms with Crippen molar-refractivity contribution in [3.8, 4) is 0 Å². The van der Waals surface area contributed by atoms with Crippen LogP contribution in [0.2, 0.25) is 10.0 Å². The molecule has 1 atom stereocenters.